The van der Waals surface area contributed by atoms with Gasteiger partial charge in [0.2, 0.25) is 12.3 Å². The van der Waals surface area contributed by atoms with Gasteiger partial charge in [-0.05, 0) is 24.8 Å². The summed E-state index contributed by atoms with van der Waals surface area (Å²) in [4.78, 5) is 22.2. The van der Waals surface area contributed by atoms with Crippen LogP contribution in [0.1, 0.15) is 31.2 Å². The first-order chi connectivity index (χ1) is 8.60. The van der Waals surface area contributed by atoms with Crippen LogP contribution in [0.15, 0.2) is 30.3 Å². The van der Waals surface area contributed by atoms with Crippen LogP contribution in [0.25, 0.3) is 0 Å². The maximum absolute atomic E-state index is 11.7. The minimum atomic E-state index is 0.250. The maximum atomic E-state index is 11.7. The van der Waals surface area contributed by atoms with Crippen molar-refractivity contribution < 1.29 is 9.59 Å². The van der Waals surface area contributed by atoms with Gasteiger partial charge in [-0.1, -0.05) is 30.3 Å². The van der Waals surface area contributed by atoms with Crippen LogP contribution < -0.4 is 5.73 Å². The molecule has 0 radical (unpaired) electrons. The molecule has 4 nitrogen and oxygen atoms in total. The monoisotopic (exact) mass is 248 g/mol. The molecule has 0 saturated carbocycles. The Bertz CT molecular complexity index is 392. The molecule has 0 spiro atoms. The maximum Gasteiger partial charge on any atom is 0.223 e. The molecule has 1 aromatic carbocycles. The Balaban J connectivity index is 0.000000492. The standard InChI is InChI=1S/C13H17NO.CH3NO/c1-10-8-12(9-13(15)14(10)2)11-6-4-3-5-7-11;2-1-3/h3-7,10,12H,8-9H2,1-2H3;1H,(H2,2,3). The second-order valence-electron chi connectivity index (χ2n) is 4.54. The lowest BCUT2D eigenvalue weighted by Gasteiger charge is -2.35. The van der Waals surface area contributed by atoms with Gasteiger partial charge in [-0.15, -0.1) is 0 Å². The number of primary amides is 1. The molecule has 1 aliphatic rings. The van der Waals surface area contributed by atoms with Gasteiger partial charge in [-0.2, -0.15) is 0 Å². The highest BCUT2D eigenvalue weighted by atomic mass is 16.2. The summed E-state index contributed by atoms with van der Waals surface area (Å²) in [6, 6.07) is 10.7. The minimum absolute atomic E-state index is 0.250. The van der Waals surface area contributed by atoms with E-state index in [1.807, 2.05) is 30.1 Å². The zero-order valence-electron chi connectivity index (χ0n) is 10.9. The van der Waals surface area contributed by atoms with E-state index >= 15 is 0 Å². The number of amides is 2. The molecular weight excluding hydrogens is 228 g/mol. The van der Waals surface area contributed by atoms with Crippen molar-refractivity contribution in [2.75, 3.05) is 7.05 Å². The zero-order chi connectivity index (χ0) is 13.5. The molecule has 18 heavy (non-hydrogen) atoms. The third kappa shape index (κ3) is 3.58. The average Bonchev–Trinajstić information content (AvgIpc) is 2.37. The summed E-state index contributed by atoms with van der Waals surface area (Å²) in [6.07, 6.45) is 1.98. The summed E-state index contributed by atoms with van der Waals surface area (Å²) in [5.74, 6) is 0.674. The Morgan fingerprint density at radius 1 is 1.33 bits per heavy atom. The molecule has 0 aliphatic carbocycles. The molecule has 2 atom stereocenters. The second-order valence-corrected chi connectivity index (χ2v) is 4.54. The Kier molecular flexibility index (Phi) is 5.36. The Labute approximate surface area is 108 Å². The van der Waals surface area contributed by atoms with Crippen molar-refractivity contribution in [2.45, 2.75) is 31.7 Å². The number of carbonyl (C=O) groups excluding carboxylic acids is 2. The molecule has 1 aliphatic heterocycles. The van der Waals surface area contributed by atoms with Crippen molar-refractivity contribution in [3.05, 3.63) is 35.9 Å². The summed E-state index contributed by atoms with van der Waals surface area (Å²) in [5, 5.41) is 0. The Morgan fingerprint density at radius 3 is 2.39 bits per heavy atom. The van der Waals surface area contributed by atoms with Crippen molar-refractivity contribution >= 4 is 12.3 Å². The number of hydrogen-bond donors (Lipinski definition) is 1. The fraction of sp³-hybridized carbons (Fsp3) is 0.429. The third-order valence-corrected chi connectivity index (χ3v) is 3.37. The van der Waals surface area contributed by atoms with Gasteiger partial charge in [0.25, 0.3) is 0 Å². The number of rotatable bonds is 1. The third-order valence-electron chi connectivity index (χ3n) is 3.37. The molecule has 2 rings (SSSR count). The molecule has 1 aromatic rings. The van der Waals surface area contributed by atoms with Crippen LogP contribution in [0.2, 0.25) is 0 Å². The van der Waals surface area contributed by atoms with Crippen LogP contribution in [-0.4, -0.2) is 30.3 Å². The van der Waals surface area contributed by atoms with Gasteiger partial charge < -0.3 is 10.6 Å². The zero-order valence-corrected chi connectivity index (χ0v) is 10.9. The van der Waals surface area contributed by atoms with E-state index in [1.165, 1.54) is 5.56 Å². The molecule has 1 saturated heterocycles. The van der Waals surface area contributed by atoms with E-state index in [1.54, 1.807) is 0 Å². The lowest BCUT2D eigenvalue weighted by Crippen LogP contribution is -2.41. The molecule has 0 aromatic heterocycles. The van der Waals surface area contributed by atoms with E-state index < -0.39 is 0 Å². The summed E-state index contributed by atoms with van der Waals surface area (Å²) in [7, 11) is 1.90. The van der Waals surface area contributed by atoms with Crippen LogP contribution in [0, 0.1) is 0 Å². The quantitative estimate of drug-likeness (QED) is 0.766. The number of hydrogen-bond acceptors (Lipinski definition) is 2. The first kappa shape index (κ1) is 14.2. The molecule has 1 heterocycles. The smallest absolute Gasteiger partial charge is 0.223 e. The number of benzene rings is 1. The molecule has 1 fully saturated rings. The largest absolute Gasteiger partial charge is 0.372 e. The normalized spacial score (nSPS) is 23.0. The highest BCUT2D eigenvalue weighted by Crippen LogP contribution is 2.31. The van der Waals surface area contributed by atoms with Crippen molar-refractivity contribution in [1.29, 1.82) is 0 Å². The number of carbonyl (C=O) groups is 2. The molecule has 98 valence electrons. The summed E-state index contributed by atoms with van der Waals surface area (Å²) in [6.45, 7) is 2.12. The average molecular weight is 248 g/mol. The summed E-state index contributed by atoms with van der Waals surface area (Å²) >= 11 is 0. The van der Waals surface area contributed by atoms with Crippen LogP contribution in [0.3, 0.4) is 0 Å². The Morgan fingerprint density at radius 2 is 1.89 bits per heavy atom. The van der Waals surface area contributed by atoms with Crippen molar-refractivity contribution in [3.63, 3.8) is 0 Å². The molecule has 0 bridgehead atoms. The lowest BCUT2D eigenvalue weighted by molar-refractivity contribution is -0.134. The van der Waals surface area contributed by atoms with Crippen molar-refractivity contribution in [3.8, 4) is 0 Å². The number of piperidine rings is 1. The van der Waals surface area contributed by atoms with Gasteiger partial charge in [0.1, 0.15) is 0 Å². The van der Waals surface area contributed by atoms with Gasteiger partial charge in [-0.25, -0.2) is 0 Å². The SMILES string of the molecule is CC1CC(c2ccccc2)CC(=O)N1C.NC=O. The van der Waals surface area contributed by atoms with Crippen molar-refractivity contribution in [1.82, 2.24) is 4.90 Å². The Hall–Kier alpha value is -1.84. The molecule has 4 heteroatoms. The van der Waals surface area contributed by atoms with Crippen LogP contribution >= 0.6 is 0 Å². The van der Waals surface area contributed by atoms with Gasteiger partial charge >= 0.3 is 0 Å². The topological polar surface area (TPSA) is 63.4 Å². The number of nitrogens with two attached hydrogens (primary N) is 1. The number of nitrogens with zero attached hydrogens (tertiary/aromatic N) is 1. The molecule has 2 unspecified atom stereocenters. The van der Waals surface area contributed by atoms with E-state index in [0.717, 1.165) is 6.42 Å². The number of likely N-dealkylation sites (tertiary alicyclic amines) is 1. The van der Waals surface area contributed by atoms with Gasteiger partial charge in [-0.3, -0.25) is 9.59 Å². The van der Waals surface area contributed by atoms with E-state index in [2.05, 4.69) is 24.8 Å². The molecule has 2 N–H and O–H groups in total. The fourth-order valence-electron chi connectivity index (χ4n) is 2.23. The van der Waals surface area contributed by atoms with Crippen molar-refractivity contribution in [2.24, 2.45) is 5.73 Å². The fourth-order valence-corrected chi connectivity index (χ4v) is 2.23. The molecular formula is C14H20N2O2. The van der Waals surface area contributed by atoms with E-state index in [0.29, 0.717) is 18.4 Å². The van der Waals surface area contributed by atoms with Gasteiger partial charge in [0.05, 0.1) is 0 Å². The van der Waals surface area contributed by atoms with Gasteiger partial charge in [0, 0.05) is 19.5 Å². The lowest BCUT2D eigenvalue weighted by atomic mass is 9.86. The van der Waals surface area contributed by atoms with E-state index in [9.17, 15) is 4.79 Å². The highest BCUT2D eigenvalue weighted by molar-refractivity contribution is 5.78. The van der Waals surface area contributed by atoms with E-state index in [4.69, 9.17) is 4.79 Å². The highest BCUT2D eigenvalue weighted by Gasteiger charge is 2.29. The van der Waals surface area contributed by atoms with Crippen LogP contribution in [0.4, 0.5) is 0 Å². The van der Waals surface area contributed by atoms with E-state index in [-0.39, 0.29) is 12.3 Å². The van der Waals surface area contributed by atoms with Gasteiger partial charge in [0.15, 0.2) is 0 Å². The summed E-state index contributed by atoms with van der Waals surface area (Å²) in [5.41, 5.74) is 5.46. The van der Waals surface area contributed by atoms with Crippen LogP contribution in [-0.2, 0) is 9.59 Å². The molecule has 2 amide bonds. The predicted molar refractivity (Wildman–Crippen MR) is 70.9 cm³/mol. The first-order valence-corrected chi connectivity index (χ1v) is 6.06. The summed E-state index contributed by atoms with van der Waals surface area (Å²) < 4.78 is 0. The van der Waals surface area contributed by atoms with Crippen LogP contribution in [0.5, 0.6) is 0 Å². The minimum Gasteiger partial charge on any atom is -0.372 e. The second kappa shape index (κ2) is 6.79. The first-order valence-electron chi connectivity index (χ1n) is 6.06. The predicted octanol–water partition coefficient (Wildman–Crippen LogP) is 1.51.